The lowest BCUT2D eigenvalue weighted by Gasteiger charge is -2.16. The summed E-state index contributed by atoms with van der Waals surface area (Å²) in [6.45, 7) is 4.37. The van der Waals surface area contributed by atoms with Crippen LogP contribution in [0.25, 0.3) is 0 Å². The maximum atomic E-state index is 13.1. The van der Waals surface area contributed by atoms with Crippen molar-refractivity contribution in [2.75, 3.05) is 25.5 Å². The zero-order valence-corrected chi connectivity index (χ0v) is 17.6. The van der Waals surface area contributed by atoms with E-state index in [2.05, 4.69) is 20.2 Å². The molecule has 0 aliphatic carbocycles. The van der Waals surface area contributed by atoms with Crippen molar-refractivity contribution in [3.8, 4) is 5.75 Å². The van der Waals surface area contributed by atoms with Gasteiger partial charge < -0.3 is 10.1 Å². The standard InChI is InChI=1S/C24H25FN4O2/c1-16-20(24(30)28-21-5-3-4-6-22(21)31-2)13-26-23(27-16)18-11-12-29(15-18)14-17-7-9-19(25)10-8-17/h3-10,13,18H,11-12,14-15H2,1-2H3,(H,28,30)/t18-/m0/s1. The molecule has 0 saturated carbocycles. The van der Waals surface area contributed by atoms with Gasteiger partial charge in [-0.25, -0.2) is 14.4 Å². The number of likely N-dealkylation sites (tertiary alicyclic amines) is 1. The van der Waals surface area contributed by atoms with Gasteiger partial charge in [-0.05, 0) is 49.7 Å². The largest absolute Gasteiger partial charge is 0.495 e. The van der Waals surface area contributed by atoms with Crippen molar-refractivity contribution in [1.82, 2.24) is 14.9 Å². The topological polar surface area (TPSA) is 67.3 Å². The number of aromatic nitrogens is 2. The van der Waals surface area contributed by atoms with Gasteiger partial charge in [-0.1, -0.05) is 24.3 Å². The smallest absolute Gasteiger partial charge is 0.259 e. The number of hydrogen-bond acceptors (Lipinski definition) is 5. The molecule has 6 nitrogen and oxygen atoms in total. The number of carbonyl (C=O) groups is 1. The predicted octanol–water partition coefficient (Wildman–Crippen LogP) is 4.17. The van der Waals surface area contributed by atoms with Gasteiger partial charge >= 0.3 is 0 Å². The molecule has 1 atom stereocenters. The van der Waals surface area contributed by atoms with Crippen LogP contribution in [0.5, 0.6) is 5.75 Å². The zero-order valence-electron chi connectivity index (χ0n) is 17.6. The normalized spacial score (nSPS) is 16.3. The van der Waals surface area contributed by atoms with Crippen LogP contribution in [0.1, 0.15) is 39.8 Å². The summed E-state index contributed by atoms with van der Waals surface area (Å²) in [5.41, 5.74) is 2.78. The highest BCUT2D eigenvalue weighted by atomic mass is 19.1. The number of anilines is 1. The number of aryl methyl sites for hydroxylation is 1. The molecule has 2 heterocycles. The Labute approximate surface area is 181 Å². The summed E-state index contributed by atoms with van der Waals surface area (Å²) in [6.07, 6.45) is 2.55. The van der Waals surface area contributed by atoms with Crippen molar-refractivity contribution in [2.45, 2.75) is 25.8 Å². The van der Waals surface area contributed by atoms with Crippen molar-refractivity contribution >= 4 is 11.6 Å². The monoisotopic (exact) mass is 420 g/mol. The maximum Gasteiger partial charge on any atom is 0.259 e. The molecule has 7 heteroatoms. The average Bonchev–Trinajstić information content (AvgIpc) is 3.24. The number of amides is 1. The fourth-order valence-electron chi connectivity index (χ4n) is 3.88. The molecule has 1 aromatic heterocycles. The van der Waals surface area contributed by atoms with Crippen LogP contribution in [0.2, 0.25) is 0 Å². The lowest BCUT2D eigenvalue weighted by atomic mass is 10.1. The third kappa shape index (κ3) is 4.88. The Morgan fingerprint density at radius 1 is 1.23 bits per heavy atom. The molecule has 1 aliphatic rings. The molecule has 0 spiro atoms. The van der Waals surface area contributed by atoms with E-state index in [9.17, 15) is 9.18 Å². The van der Waals surface area contributed by atoms with Crippen molar-refractivity contribution in [3.63, 3.8) is 0 Å². The van der Waals surface area contributed by atoms with Crippen LogP contribution in [0, 0.1) is 12.7 Å². The summed E-state index contributed by atoms with van der Waals surface area (Å²) in [7, 11) is 1.56. The van der Waals surface area contributed by atoms with Crippen LogP contribution in [-0.2, 0) is 6.54 Å². The number of hydrogen-bond donors (Lipinski definition) is 1. The molecule has 1 saturated heterocycles. The highest BCUT2D eigenvalue weighted by Gasteiger charge is 2.27. The Balaban J connectivity index is 1.41. The third-order valence-electron chi connectivity index (χ3n) is 5.55. The van der Waals surface area contributed by atoms with Crippen LogP contribution in [-0.4, -0.2) is 41.0 Å². The van der Waals surface area contributed by atoms with Crippen LogP contribution in [0.4, 0.5) is 10.1 Å². The van der Waals surface area contributed by atoms with Crippen LogP contribution < -0.4 is 10.1 Å². The van der Waals surface area contributed by atoms with E-state index in [0.29, 0.717) is 22.7 Å². The fourth-order valence-corrected chi connectivity index (χ4v) is 3.88. The molecule has 1 N–H and O–H groups in total. The summed E-state index contributed by atoms with van der Waals surface area (Å²) in [6, 6.07) is 13.9. The molecule has 31 heavy (non-hydrogen) atoms. The number of carbonyl (C=O) groups excluding carboxylic acids is 1. The van der Waals surface area contributed by atoms with E-state index in [0.717, 1.165) is 37.4 Å². The number of nitrogens with one attached hydrogen (secondary N) is 1. The Hall–Kier alpha value is -3.32. The molecular formula is C24H25FN4O2. The van der Waals surface area contributed by atoms with Crippen LogP contribution in [0.15, 0.2) is 54.7 Å². The van der Waals surface area contributed by atoms with E-state index in [1.807, 2.05) is 31.2 Å². The van der Waals surface area contributed by atoms with Crippen molar-refractivity contribution in [1.29, 1.82) is 0 Å². The van der Waals surface area contributed by atoms with Crippen molar-refractivity contribution < 1.29 is 13.9 Å². The Morgan fingerprint density at radius 2 is 2.00 bits per heavy atom. The summed E-state index contributed by atoms with van der Waals surface area (Å²) in [5, 5.41) is 2.87. The fraction of sp³-hybridized carbons (Fsp3) is 0.292. The molecule has 1 amide bonds. The summed E-state index contributed by atoms with van der Waals surface area (Å²) in [4.78, 5) is 24.2. The van der Waals surface area contributed by atoms with Crippen molar-refractivity contribution in [3.05, 3.63) is 83.2 Å². The first kappa shape index (κ1) is 20.9. The SMILES string of the molecule is COc1ccccc1NC(=O)c1cnc([C@H]2CCN(Cc3ccc(F)cc3)C2)nc1C. The number of rotatable bonds is 6. The number of benzene rings is 2. The second-order valence-electron chi connectivity index (χ2n) is 7.73. The van der Waals surface area contributed by atoms with E-state index in [-0.39, 0.29) is 17.6 Å². The number of ether oxygens (including phenoxy) is 1. The van der Waals surface area contributed by atoms with Crippen molar-refractivity contribution in [2.24, 2.45) is 0 Å². The van der Waals surface area contributed by atoms with Gasteiger partial charge in [0.25, 0.3) is 5.91 Å². The molecule has 0 radical (unpaired) electrons. The Morgan fingerprint density at radius 3 is 2.74 bits per heavy atom. The van der Waals surface area contributed by atoms with Gasteiger partial charge in [0.1, 0.15) is 17.4 Å². The lowest BCUT2D eigenvalue weighted by molar-refractivity contribution is 0.102. The third-order valence-corrected chi connectivity index (χ3v) is 5.55. The van der Waals surface area contributed by atoms with Gasteiger partial charge in [-0.15, -0.1) is 0 Å². The van der Waals surface area contributed by atoms with Crippen LogP contribution in [0.3, 0.4) is 0 Å². The predicted molar refractivity (Wildman–Crippen MR) is 117 cm³/mol. The van der Waals surface area contributed by atoms with E-state index < -0.39 is 0 Å². The van der Waals surface area contributed by atoms with Crippen LogP contribution >= 0.6 is 0 Å². The molecule has 160 valence electrons. The molecule has 4 rings (SSSR count). The van der Waals surface area contributed by atoms with Gasteiger partial charge in [0, 0.05) is 25.2 Å². The minimum Gasteiger partial charge on any atom is -0.495 e. The maximum absolute atomic E-state index is 13.1. The highest BCUT2D eigenvalue weighted by Crippen LogP contribution is 2.27. The highest BCUT2D eigenvalue weighted by molar-refractivity contribution is 6.05. The molecule has 1 fully saturated rings. The second-order valence-corrected chi connectivity index (χ2v) is 7.73. The second kappa shape index (κ2) is 9.22. The average molecular weight is 420 g/mol. The van der Waals surface area contributed by atoms with E-state index in [4.69, 9.17) is 4.74 Å². The number of halogens is 1. The van der Waals surface area contributed by atoms with Gasteiger partial charge in [0.15, 0.2) is 0 Å². The molecule has 3 aromatic rings. The molecule has 2 aromatic carbocycles. The van der Waals surface area contributed by atoms with E-state index >= 15 is 0 Å². The summed E-state index contributed by atoms with van der Waals surface area (Å²) >= 11 is 0. The zero-order chi connectivity index (χ0) is 21.8. The van der Waals surface area contributed by atoms with Gasteiger partial charge in [-0.2, -0.15) is 0 Å². The number of methoxy groups -OCH3 is 1. The molecule has 1 aliphatic heterocycles. The lowest BCUT2D eigenvalue weighted by Crippen LogP contribution is -2.21. The molecular weight excluding hydrogens is 395 g/mol. The van der Waals surface area contributed by atoms with Gasteiger partial charge in [0.2, 0.25) is 0 Å². The summed E-state index contributed by atoms with van der Waals surface area (Å²) < 4.78 is 18.4. The first-order chi connectivity index (χ1) is 15.0. The van der Waals surface area contributed by atoms with Gasteiger partial charge in [0.05, 0.1) is 24.1 Å². The van der Waals surface area contributed by atoms with E-state index in [1.54, 1.807) is 25.4 Å². The Bertz CT molecular complexity index is 1070. The number of nitrogens with zero attached hydrogens (tertiary/aromatic N) is 3. The minimum absolute atomic E-state index is 0.213. The number of para-hydroxylation sites is 2. The first-order valence-corrected chi connectivity index (χ1v) is 10.3. The summed E-state index contributed by atoms with van der Waals surface area (Å²) in [5.74, 6) is 1.08. The molecule has 0 bridgehead atoms. The van der Waals surface area contributed by atoms with E-state index in [1.165, 1.54) is 12.1 Å². The Kier molecular flexibility index (Phi) is 6.23. The molecule has 0 unspecified atom stereocenters. The first-order valence-electron chi connectivity index (χ1n) is 10.3. The quantitative estimate of drug-likeness (QED) is 0.648. The van der Waals surface area contributed by atoms with Gasteiger partial charge in [-0.3, -0.25) is 9.69 Å². The minimum atomic E-state index is -0.266.